The van der Waals surface area contributed by atoms with E-state index in [9.17, 15) is 8.42 Å². The van der Waals surface area contributed by atoms with Gasteiger partial charge in [-0.3, -0.25) is 9.82 Å². The summed E-state index contributed by atoms with van der Waals surface area (Å²) in [6.07, 6.45) is 1.46. The van der Waals surface area contributed by atoms with Crippen molar-refractivity contribution in [2.75, 3.05) is 42.7 Å². The third-order valence-electron chi connectivity index (χ3n) is 3.15. The van der Waals surface area contributed by atoms with E-state index in [1.807, 2.05) is 14.1 Å². The summed E-state index contributed by atoms with van der Waals surface area (Å²) in [5.41, 5.74) is 1.19. The minimum absolute atomic E-state index is 0.138. The summed E-state index contributed by atoms with van der Waals surface area (Å²) in [7, 11) is 3.42. The smallest absolute Gasteiger partial charge is 0.265 e. The Bertz CT molecular complexity index is 792. The molecule has 0 amide bonds. The SMILES string of the molecule is Cc1n[nH]c(C)c1S(=O)(=O)Nc1cnc(N(C)C)nc1N(C)C. The number of anilines is 3. The van der Waals surface area contributed by atoms with Gasteiger partial charge in [0.05, 0.1) is 17.6 Å². The Labute approximate surface area is 135 Å². The van der Waals surface area contributed by atoms with Crippen molar-refractivity contribution in [2.24, 2.45) is 0 Å². The molecule has 2 aromatic heterocycles. The van der Waals surface area contributed by atoms with Crippen LogP contribution in [-0.2, 0) is 10.0 Å². The second kappa shape index (κ2) is 6.03. The van der Waals surface area contributed by atoms with Crippen molar-refractivity contribution < 1.29 is 8.42 Å². The number of hydrogen-bond acceptors (Lipinski definition) is 7. The first kappa shape index (κ1) is 17.0. The molecule has 0 aromatic carbocycles. The van der Waals surface area contributed by atoms with Crippen molar-refractivity contribution in [1.82, 2.24) is 20.2 Å². The lowest BCUT2D eigenvalue weighted by Crippen LogP contribution is -2.21. The zero-order valence-corrected chi connectivity index (χ0v) is 14.9. The van der Waals surface area contributed by atoms with Crippen molar-refractivity contribution in [1.29, 1.82) is 0 Å². The summed E-state index contributed by atoms with van der Waals surface area (Å²) in [5.74, 6) is 0.971. The Kier molecular flexibility index (Phi) is 4.46. The first-order chi connectivity index (χ1) is 10.6. The molecule has 0 atom stereocenters. The average molecular weight is 339 g/mol. The molecule has 0 unspecified atom stereocenters. The Hall–Kier alpha value is -2.36. The van der Waals surface area contributed by atoms with E-state index in [0.717, 1.165) is 0 Å². The van der Waals surface area contributed by atoms with Gasteiger partial charge < -0.3 is 9.80 Å². The lowest BCUT2D eigenvalue weighted by molar-refractivity contribution is 0.600. The molecule has 23 heavy (non-hydrogen) atoms. The van der Waals surface area contributed by atoms with E-state index in [4.69, 9.17) is 0 Å². The minimum atomic E-state index is -3.78. The highest BCUT2D eigenvalue weighted by Crippen LogP contribution is 2.27. The third kappa shape index (κ3) is 3.36. The molecule has 2 aromatic rings. The van der Waals surface area contributed by atoms with Crippen LogP contribution < -0.4 is 14.5 Å². The summed E-state index contributed by atoms with van der Waals surface area (Å²) in [4.78, 5) is 12.1. The van der Waals surface area contributed by atoms with E-state index in [0.29, 0.717) is 28.8 Å². The second-order valence-corrected chi connectivity index (χ2v) is 7.18. The molecule has 10 heteroatoms. The molecule has 0 aliphatic rings. The Balaban J connectivity index is 2.47. The number of aromatic nitrogens is 4. The van der Waals surface area contributed by atoms with Crippen LogP contribution in [0.3, 0.4) is 0 Å². The maximum absolute atomic E-state index is 12.6. The van der Waals surface area contributed by atoms with E-state index in [-0.39, 0.29) is 4.90 Å². The number of sulfonamides is 1. The largest absolute Gasteiger partial charge is 0.361 e. The van der Waals surface area contributed by atoms with Crippen molar-refractivity contribution in [2.45, 2.75) is 18.7 Å². The Morgan fingerprint density at radius 2 is 1.78 bits per heavy atom. The molecule has 0 fully saturated rings. The lowest BCUT2D eigenvalue weighted by Gasteiger charge is -2.19. The first-order valence-corrected chi connectivity index (χ1v) is 8.38. The summed E-state index contributed by atoms with van der Waals surface area (Å²) in [6, 6.07) is 0. The first-order valence-electron chi connectivity index (χ1n) is 6.89. The van der Waals surface area contributed by atoms with E-state index < -0.39 is 10.0 Å². The Morgan fingerprint density at radius 1 is 1.13 bits per heavy atom. The molecule has 0 saturated heterocycles. The van der Waals surface area contributed by atoms with Gasteiger partial charge in [0.25, 0.3) is 10.0 Å². The maximum Gasteiger partial charge on any atom is 0.265 e. The highest BCUT2D eigenvalue weighted by atomic mass is 32.2. The molecule has 2 rings (SSSR count). The van der Waals surface area contributed by atoms with Gasteiger partial charge in [0.15, 0.2) is 5.82 Å². The molecular formula is C13H21N7O2S. The number of rotatable bonds is 5. The van der Waals surface area contributed by atoms with E-state index in [1.54, 1.807) is 37.7 Å². The quantitative estimate of drug-likeness (QED) is 0.827. The molecule has 2 N–H and O–H groups in total. The fourth-order valence-electron chi connectivity index (χ4n) is 2.12. The number of aryl methyl sites for hydroxylation is 2. The molecule has 0 saturated carbocycles. The van der Waals surface area contributed by atoms with Crippen LogP contribution in [0.4, 0.5) is 17.5 Å². The van der Waals surface area contributed by atoms with Gasteiger partial charge in [-0.05, 0) is 13.8 Å². The van der Waals surface area contributed by atoms with Gasteiger partial charge in [0.1, 0.15) is 10.6 Å². The fraction of sp³-hybridized carbons (Fsp3) is 0.462. The molecule has 126 valence electrons. The molecule has 0 bridgehead atoms. The normalized spacial score (nSPS) is 11.4. The third-order valence-corrected chi connectivity index (χ3v) is 4.78. The molecule has 9 nitrogen and oxygen atoms in total. The van der Waals surface area contributed by atoms with E-state index in [2.05, 4.69) is 24.9 Å². The van der Waals surface area contributed by atoms with Gasteiger partial charge >= 0.3 is 0 Å². The number of aromatic amines is 1. The molecule has 0 aliphatic carbocycles. The van der Waals surface area contributed by atoms with E-state index >= 15 is 0 Å². The van der Waals surface area contributed by atoms with Crippen LogP contribution >= 0.6 is 0 Å². The summed E-state index contributed by atoms with van der Waals surface area (Å²) >= 11 is 0. The zero-order chi connectivity index (χ0) is 17.4. The number of nitrogens with one attached hydrogen (secondary N) is 2. The van der Waals surface area contributed by atoms with Crippen molar-refractivity contribution in [3.63, 3.8) is 0 Å². The monoisotopic (exact) mass is 339 g/mol. The molecule has 0 aliphatic heterocycles. The Morgan fingerprint density at radius 3 is 2.26 bits per heavy atom. The van der Waals surface area contributed by atoms with Gasteiger partial charge in [-0.2, -0.15) is 10.1 Å². The summed E-state index contributed by atoms with van der Waals surface area (Å²) in [5, 5.41) is 6.60. The van der Waals surface area contributed by atoms with Crippen LogP contribution in [0.25, 0.3) is 0 Å². The minimum Gasteiger partial charge on any atom is -0.361 e. The van der Waals surface area contributed by atoms with Crippen LogP contribution in [0.2, 0.25) is 0 Å². The standard InChI is InChI=1S/C13H21N7O2S/c1-8-11(9(2)17-16-8)23(21,22)18-10-7-14-13(20(5)6)15-12(10)19(3)4/h7,18H,1-6H3,(H,16,17). The van der Waals surface area contributed by atoms with Crippen LogP contribution in [0, 0.1) is 13.8 Å². The predicted molar refractivity (Wildman–Crippen MR) is 89.6 cm³/mol. The highest BCUT2D eigenvalue weighted by molar-refractivity contribution is 7.92. The second-order valence-electron chi connectivity index (χ2n) is 5.56. The van der Waals surface area contributed by atoms with Crippen LogP contribution in [0.1, 0.15) is 11.4 Å². The fourth-order valence-corrected chi connectivity index (χ4v) is 3.54. The van der Waals surface area contributed by atoms with Gasteiger partial charge in [0, 0.05) is 28.2 Å². The zero-order valence-electron chi connectivity index (χ0n) is 14.0. The number of H-pyrrole nitrogens is 1. The molecular weight excluding hydrogens is 318 g/mol. The van der Waals surface area contributed by atoms with Crippen molar-refractivity contribution in [3.05, 3.63) is 17.6 Å². The number of nitrogens with zero attached hydrogens (tertiary/aromatic N) is 5. The topological polar surface area (TPSA) is 107 Å². The van der Waals surface area contributed by atoms with Crippen LogP contribution in [0.15, 0.2) is 11.1 Å². The summed E-state index contributed by atoms with van der Waals surface area (Å²) < 4.78 is 27.8. The highest BCUT2D eigenvalue weighted by Gasteiger charge is 2.24. The van der Waals surface area contributed by atoms with Crippen LogP contribution in [0.5, 0.6) is 0 Å². The number of hydrogen-bond donors (Lipinski definition) is 2. The average Bonchev–Trinajstić information content (AvgIpc) is 2.78. The van der Waals surface area contributed by atoms with E-state index in [1.165, 1.54) is 6.20 Å². The van der Waals surface area contributed by atoms with Gasteiger partial charge in [-0.15, -0.1) is 0 Å². The molecule has 2 heterocycles. The molecule has 0 spiro atoms. The van der Waals surface area contributed by atoms with Crippen LogP contribution in [-0.4, -0.2) is 56.8 Å². The van der Waals surface area contributed by atoms with Crippen molar-refractivity contribution >= 4 is 27.5 Å². The van der Waals surface area contributed by atoms with Gasteiger partial charge in [-0.25, -0.2) is 13.4 Å². The van der Waals surface area contributed by atoms with Crippen molar-refractivity contribution in [3.8, 4) is 0 Å². The maximum atomic E-state index is 12.6. The molecule has 0 radical (unpaired) electrons. The van der Waals surface area contributed by atoms with Gasteiger partial charge in [0.2, 0.25) is 5.95 Å². The predicted octanol–water partition coefficient (Wildman–Crippen LogP) is 0.749. The van der Waals surface area contributed by atoms with Gasteiger partial charge in [-0.1, -0.05) is 0 Å². The lowest BCUT2D eigenvalue weighted by atomic mass is 10.4. The summed E-state index contributed by atoms with van der Waals surface area (Å²) in [6.45, 7) is 3.30.